The van der Waals surface area contributed by atoms with Crippen molar-refractivity contribution in [1.29, 1.82) is 0 Å². The summed E-state index contributed by atoms with van der Waals surface area (Å²) >= 11 is 0. The molecular formula is C18H24ClN5O2. The lowest BCUT2D eigenvalue weighted by Gasteiger charge is -2.13. The van der Waals surface area contributed by atoms with E-state index in [-0.39, 0.29) is 24.2 Å². The van der Waals surface area contributed by atoms with E-state index in [1.807, 2.05) is 13.8 Å². The molecule has 2 heterocycles. The van der Waals surface area contributed by atoms with E-state index >= 15 is 0 Å². The van der Waals surface area contributed by atoms with Gasteiger partial charge in [0.05, 0.1) is 0 Å². The molecule has 1 aromatic heterocycles. The van der Waals surface area contributed by atoms with Crippen LogP contribution in [0.25, 0.3) is 0 Å². The van der Waals surface area contributed by atoms with Crippen LogP contribution in [-0.4, -0.2) is 28.6 Å². The molecule has 3 rings (SSSR count). The summed E-state index contributed by atoms with van der Waals surface area (Å²) in [5.74, 6) is 0.0630. The number of rotatable bonds is 5. The number of hydrogen-bond donors (Lipinski definition) is 4. The molecule has 0 radical (unpaired) electrons. The van der Waals surface area contributed by atoms with Crippen LogP contribution in [0.1, 0.15) is 42.0 Å². The normalized spacial score (nSPS) is 12.9. The maximum absolute atomic E-state index is 12.4. The van der Waals surface area contributed by atoms with Crippen molar-refractivity contribution < 1.29 is 9.59 Å². The molecule has 0 spiro atoms. The second-order valence-electron chi connectivity index (χ2n) is 6.63. The molecule has 26 heavy (non-hydrogen) atoms. The Morgan fingerprint density at radius 3 is 2.46 bits per heavy atom. The fourth-order valence-corrected chi connectivity index (χ4v) is 2.82. The van der Waals surface area contributed by atoms with Crippen molar-refractivity contribution in [2.45, 2.75) is 33.2 Å². The van der Waals surface area contributed by atoms with E-state index in [0.717, 1.165) is 24.2 Å². The van der Waals surface area contributed by atoms with E-state index in [0.29, 0.717) is 36.0 Å². The maximum atomic E-state index is 12.4. The number of benzene rings is 1. The first kappa shape index (κ1) is 19.9. The van der Waals surface area contributed by atoms with Crippen molar-refractivity contribution in [2.75, 3.05) is 17.2 Å². The van der Waals surface area contributed by atoms with Gasteiger partial charge in [-0.05, 0) is 30.2 Å². The van der Waals surface area contributed by atoms with Crippen LogP contribution in [0.3, 0.4) is 0 Å². The third kappa shape index (κ3) is 4.83. The molecule has 1 aromatic carbocycles. The highest BCUT2D eigenvalue weighted by atomic mass is 35.5. The summed E-state index contributed by atoms with van der Waals surface area (Å²) in [7, 11) is 0. The van der Waals surface area contributed by atoms with E-state index < -0.39 is 0 Å². The van der Waals surface area contributed by atoms with Crippen LogP contribution in [0.5, 0.6) is 0 Å². The van der Waals surface area contributed by atoms with Gasteiger partial charge in [-0.25, -0.2) is 0 Å². The Labute approximate surface area is 158 Å². The molecule has 8 heteroatoms. The summed E-state index contributed by atoms with van der Waals surface area (Å²) in [5, 5.41) is 16.0. The van der Waals surface area contributed by atoms with E-state index in [1.165, 1.54) is 0 Å². The highest BCUT2D eigenvalue weighted by Crippen LogP contribution is 2.18. The molecule has 2 aromatic rings. The zero-order chi connectivity index (χ0) is 17.8. The van der Waals surface area contributed by atoms with Crippen LogP contribution in [0.4, 0.5) is 11.4 Å². The number of anilines is 2. The van der Waals surface area contributed by atoms with Gasteiger partial charge in [0.2, 0.25) is 5.91 Å². The largest absolute Gasteiger partial charge is 0.326 e. The van der Waals surface area contributed by atoms with E-state index in [4.69, 9.17) is 0 Å². The van der Waals surface area contributed by atoms with Crippen molar-refractivity contribution in [3.05, 3.63) is 41.2 Å². The molecule has 0 saturated carbocycles. The number of hydrogen-bond acceptors (Lipinski definition) is 4. The topological polar surface area (TPSA) is 98.9 Å². The third-order valence-corrected chi connectivity index (χ3v) is 4.04. The van der Waals surface area contributed by atoms with Crippen molar-refractivity contribution >= 4 is 35.6 Å². The number of fused-ring (bicyclic) bond motifs is 1. The molecule has 4 N–H and O–H groups in total. The quantitative estimate of drug-likeness (QED) is 0.643. The predicted molar refractivity (Wildman–Crippen MR) is 104 cm³/mol. The molecule has 0 unspecified atom stereocenters. The Balaban J connectivity index is 0.00000243. The summed E-state index contributed by atoms with van der Waals surface area (Å²) in [6, 6.07) is 7.07. The molecule has 0 aliphatic carbocycles. The number of amides is 2. The van der Waals surface area contributed by atoms with E-state index in [1.54, 1.807) is 24.3 Å². The van der Waals surface area contributed by atoms with Crippen LogP contribution < -0.4 is 16.0 Å². The van der Waals surface area contributed by atoms with Gasteiger partial charge in [-0.2, -0.15) is 5.10 Å². The molecule has 2 amide bonds. The second-order valence-corrected chi connectivity index (χ2v) is 6.63. The summed E-state index contributed by atoms with van der Waals surface area (Å²) < 4.78 is 0. The van der Waals surface area contributed by atoms with Gasteiger partial charge in [0.25, 0.3) is 5.91 Å². The lowest BCUT2D eigenvalue weighted by atomic mass is 10.1. The van der Waals surface area contributed by atoms with Gasteiger partial charge in [-0.15, -0.1) is 12.4 Å². The summed E-state index contributed by atoms with van der Waals surface area (Å²) in [6.07, 6.45) is 1.33. The number of nitrogens with zero attached hydrogens (tertiary/aromatic N) is 1. The minimum atomic E-state index is -0.238. The molecule has 7 nitrogen and oxygen atoms in total. The molecule has 0 saturated heterocycles. The Morgan fingerprint density at radius 1 is 1.15 bits per heavy atom. The van der Waals surface area contributed by atoms with Gasteiger partial charge >= 0.3 is 0 Å². The summed E-state index contributed by atoms with van der Waals surface area (Å²) in [5.41, 5.74) is 3.75. The van der Waals surface area contributed by atoms with Gasteiger partial charge in [0.15, 0.2) is 5.69 Å². The van der Waals surface area contributed by atoms with Crippen molar-refractivity contribution in [1.82, 2.24) is 15.5 Å². The van der Waals surface area contributed by atoms with Gasteiger partial charge < -0.3 is 16.0 Å². The first-order valence-electron chi connectivity index (χ1n) is 8.51. The lowest BCUT2D eigenvalue weighted by Crippen LogP contribution is -2.25. The zero-order valence-corrected chi connectivity index (χ0v) is 15.7. The minimum Gasteiger partial charge on any atom is -0.326 e. The highest BCUT2D eigenvalue weighted by Gasteiger charge is 2.21. The fourth-order valence-electron chi connectivity index (χ4n) is 2.82. The van der Waals surface area contributed by atoms with Gasteiger partial charge in [-0.3, -0.25) is 14.7 Å². The van der Waals surface area contributed by atoms with Crippen molar-refractivity contribution in [3.63, 3.8) is 0 Å². The molecule has 1 aliphatic rings. The number of nitrogens with one attached hydrogen (secondary N) is 4. The first-order chi connectivity index (χ1) is 12.0. The van der Waals surface area contributed by atoms with E-state index in [2.05, 4.69) is 26.1 Å². The lowest BCUT2D eigenvalue weighted by molar-refractivity contribution is -0.116. The Morgan fingerprint density at radius 2 is 1.81 bits per heavy atom. The van der Waals surface area contributed by atoms with Crippen LogP contribution >= 0.6 is 12.4 Å². The number of aromatic amines is 1. The third-order valence-electron chi connectivity index (χ3n) is 4.04. The molecule has 0 fully saturated rings. The second kappa shape index (κ2) is 8.82. The Kier molecular flexibility index (Phi) is 6.76. The smallest absolute Gasteiger partial charge is 0.276 e. The number of carbonyl (C=O) groups is 2. The molecule has 0 atom stereocenters. The van der Waals surface area contributed by atoms with Crippen LogP contribution in [-0.2, 0) is 17.8 Å². The predicted octanol–water partition coefficient (Wildman–Crippen LogP) is 2.71. The van der Waals surface area contributed by atoms with Gasteiger partial charge in [0.1, 0.15) is 0 Å². The highest BCUT2D eigenvalue weighted by molar-refractivity contribution is 6.04. The first-order valence-corrected chi connectivity index (χ1v) is 8.51. The number of H-pyrrole nitrogens is 1. The van der Waals surface area contributed by atoms with Gasteiger partial charge in [-0.1, -0.05) is 13.8 Å². The average molecular weight is 378 g/mol. The average Bonchev–Trinajstić information content (AvgIpc) is 3.00. The monoisotopic (exact) mass is 377 g/mol. The summed E-state index contributed by atoms with van der Waals surface area (Å²) in [4.78, 5) is 24.2. The van der Waals surface area contributed by atoms with Crippen LogP contribution in [0.15, 0.2) is 24.3 Å². The molecule has 1 aliphatic heterocycles. The number of aromatic nitrogens is 2. The zero-order valence-electron chi connectivity index (χ0n) is 14.9. The molecular weight excluding hydrogens is 354 g/mol. The van der Waals surface area contributed by atoms with Gasteiger partial charge in [0, 0.05) is 48.6 Å². The van der Waals surface area contributed by atoms with Crippen LogP contribution in [0, 0.1) is 5.92 Å². The molecule has 0 bridgehead atoms. The number of halogens is 1. The minimum absolute atomic E-state index is 0. The Hall–Kier alpha value is -2.38. The van der Waals surface area contributed by atoms with E-state index in [9.17, 15) is 9.59 Å². The number of carbonyl (C=O) groups excluding carboxylic acids is 2. The standard InChI is InChI=1S/C18H23N5O2.ClH/c1-11(2)9-16(24)20-12-3-5-13(6-4-12)21-18(25)17-14-10-19-8-7-15(14)22-23-17;/h3-6,11,19H,7-10H2,1-2H3,(H,20,24)(H,21,25)(H,22,23);1H. The fraction of sp³-hybridized carbons (Fsp3) is 0.389. The Bertz CT molecular complexity index is 770. The van der Waals surface area contributed by atoms with Crippen LogP contribution in [0.2, 0.25) is 0 Å². The van der Waals surface area contributed by atoms with Crippen molar-refractivity contribution in [2.24, 2.45) is 5.92 Å². The summed E-state index contributed by atoms with van der Waals surface area (Å²) in [6.45, 7) is 5.54. The van der Waals surface area contributed by atoms with Crippen molar-refractivity contribution in [3.8, 4) is 0 Å². The maximum Gasteiger partial charge on any atom is 0.276 e. The molecule has 140 valence electrons. The SMILES string of the molecule is CC(C)CC(=O)Nc1ccc(NC(=O)c2n[nH]c3c2CNCC3)cc1.Cl.